The third-order valence-electron chi connectivity index (χ3n) is 3.93. The molecule has 1 amide bonds. The van der Waals surface area contributed by atoms with Crippen molar-refractivity contribution in [3.63, 3.8) is 0 Å². The Labute approximate surface area is 154 Å². The van der Waals surface area contributed by atoms with Gasteiger partial charge in [-0.3, -0.25) is 14.9 Å². The van der Waals surface area contributed by atoms with Crippen LogP contribution in [-0.4, -0.2) is 36.4 Å². The molecule has 0 radical (unpaired) electrons. The van der Waals surface area contributed by atoms with Crippen LogP contribution in [0.1, 0.15) is 12.5 Å². The smallest absolute Gasteiger partial charge is 0.311 e. The average molecular weight is 371 g/mol. The van der Waals surface area contributed by atoms with Crippen LogP contribution < -0.4 is 19.6 Å². The quantitative estimate of drug-likeness (QED) is 0.490. The molecule has 9 heteroatoms. The van der Waals surface area contributed by atoms with Crippen molar-refractivity contribution in [1.29, 1.82) is 0 Å². The summed E-state index contributed by atoms with van der Waals surface area (Å²) in [6.45, 7) is 1.69. The first kappa shape index (κ1) is 18.2. The Bertz CT molecular complexity index is 912. The lowest BCUT2D eigenvalue weighted by molar-refractivity contribution is -0.385. The summed E-state index contributed by atoms with van der Waals surface area (Å²) >= 11 is 0. The third-order valence-corrected chi connectivity index (χ3v) is 3.93. The zero-order valence-electron chi connectivity index (χ0n) is 14.7. The molecule has 0 fully saturated rings. The van der Waals surface area contributed by atoms with Crippen LogP contribution in [0.3, 0.4) is 0 Å². The molecule has 0 aromatic heterocycles. The molecule has 0 spiro atoms. The molecule has 2 aromatic rings. The molecule has 2 aromatic carbocycles. The first-order chi connectivity index (χ1) is 13.0. The highest BCUT2D eigenvalue weighted by Gasteiger charge is 2.27. The molecule has 1 atom stereocenters. The SMILES string of the molecule is COc1ccc(C(C)=NNC(=O)[C@@H]2COc3ccccc3O2)cc1[N+](=O)[O-]. The highest BCUT2D eigenvalue weighted by molar-refractivity contribution is 6.00. The minimum absolute atomic E-state index is 0.0609. The van der Waals surface area contributed by atoms with Gasteiger partial charge in [0.2, 0.25) is 6.10 Å². The molecule has 3 rings (SSSR count). The van der Waals surface area contributed by atoms with Crippen LogP contribution in [0.15, 0.2) is 47.6 Å². The zero-order valence-corrected chi connectivity index (χ0v) is 14.7. The van der Waals surface area contributed by atoms with Gasteiger partial charge < -0.3 is 14.2 Å². The highest BCUT2D eigenvalue weighted by Crippen LogP contribution is 2.31. The summed E-state index contributed by atoms with van der Waals surface area (Å²) in [5.74, 6) is 0.723. The van der Waals surface area contributed by atoms with Crippen molar-refractivity contribution in [1.82, 2.24) is 5.43 Å². The van der Waals surface area contributed by atoms with Crippen molar-refractivity contribution in [2.75, 3.05) is 13.7 Å². The second-order valence-electron chi connectivity index (χ2n) is 5.68. The number of carbonyl (C=O) groups excluding carboxylic acids is 1. The van der Waals surface area contributed by atoms with E-state index in [1.165, 1.54) is 19.2 Å². The van der Waals surface area contributed by atoms with Crippen molar-refractivity contribution in [3.05, 3.63) is 58.1 Å². The van der Waals surface area contributed by atoms with Gasteiger partial charge in [0.25, 0.3) is 5.91 Å². The van der Waals surface area contributed by atoms with Gasteiger partial charge in [0, 0.05) is 11.6 Å². The lowest BCUT2D eigenvalue weighted by atomic mass is 10.1. The van der Waals surface area contributed by atoms with Gasteiger partial charge in [0.1, 0.15) is 6.61 Å². The van der Waals surface area contributed by atoms with E-state index in [1.807, 2.05) is 6.07 Å². The number of hydrazone groups is 1. The Kier molecular flexibility index (Phi) is 5.20. The molecule has 0 saturated heterocycles. The summed E-state index contributed by atoms with van der Waals surface area (Å²) in [5.41, 5.74) is 3.09. The van der Waals surface area contributed by atoms with Crippen LogP contribution in [0.25, 0.3) is 0 Å². The van der Waals surface area contributed by atoms with E-state index < -0.39 is 16.9 Å². The van der Waals surface area contributed by atoms with Crippen LogP contribution in [0, 0.1) is 10.1 Å². The molecule has 9 nitrogen and oxygen atoms in total. The number of rotatable bonds is 5. The predicted molar refractivity (Wildman–Crippen MR) is 96.4 cm³/mol. The number of carbonyl (C=O) groups is 1. The zero-order chi connectivity index (χ0) is 19.4. The summed E-state index contributed by atoms with van der Waals surface area (Å²) in [5, 5.41) is 15.1. The van der Waals surface area contributed by atoms with Crippen LogP contribution in [0.2, 0.25) is 0 Å². The molecular formula is C18H17N3O6. The number of nitrogens with one attached hydrogen (secondary N) is 1. The number of ether oxygens (including phenoxy) is 3. The second kappa shape index (κ2) is 7.73. The first-order valence-electron chi connectivity index (χ1n) is 8.05. The monoisotopic (exact) mass is 371 g/mol. The standard InChI is InChI=1S/C18H17N3O6/c1-11(12-7-8-14(25-2)13(9-12)21(23)24)19-20-18(22)17-10-26-15-5-3-4-6-16(15)27-17/h3-9,17H,10H2,1-2H3,(H,20,22)/t17-/m0/s1. The number of fused-ring (bicyclic) bond motifs is 1. The minimum Gasteiger partial charge on any atom is -0.490 e. The number of benzene rings is 2. The second-order valence-corrected chi connectivity index (χ2v) is 5.68. The molecular weight excluding hydrogens is 354 g/mol. The van der Waals surface area contributed by atoms with Gasteiger partial charge in [0.15, 0.2) is 17.2 Å². The fourth-order valence-corrected chi connectivity index (χ4v) is 2.48. The Hall–Kier alpha value is -3.62. The van der Waals surface area contributed by atoms with Gasteiger partial charge >= 0.3 is 5.69 Å². The van der Waals surface area contributed by atoms with E-state index in [4.69, 9.17) is 14.2 Å². The normalized spacial score (nSPS) is 15.8. The fourth-order valence-electron chi connectivity index (χ4n) is 2.48. The van der Waals surface area contributed by atoms with Crippen LogP contribution in [0.5, 0.6) is 17.2 Å². The van der Waals surface area contributed by atoms with Crippen LogP contribution in [-0.2, 0) is 4.79 Å². The minimum atomic E-state index is -0.846. The number of methoxy groups -OCH3 is 1. The van der Waals surface area contributed by atoms with E-state index in [9.17, 15) is 14.9 Å². The number of hydrogen-bond acceptors (Lipinski definition) is 7. The van der Waals surface area contributed by atoms with Crippen molar-refractivity contribution >= 4 is 17.3 Å². The van der Waals surface area contributed by atoms with Gasteiger partial charge in [-0.05, 0) is 31.2 Å². The number of nitrogens with zero attached hydrogens (tertiary/aromatic N) is 2. The van der Waals surface area contributed by atoms with Gasteiger partial charge in [-0.2, -0.15) is 5.10 Å². The third kappa shape index (κ3) is 3.97. The molecule has 1 aliphatic rings. The Balaban J connectivity index is 1.70. The summed E-state index contributed by atoms with van der Waals surface area (Å²) in [7, 11) is 1.35. The van der Waals surface area contributed by atoms with E-state index in [1.54, 1.807) is 31.2 Å². The molecule has 27 heavy (non-hydrogen) atoms. The van der Waals surface area contributed by atoms with Crippen LogP contribution >= 0.6 is 0 Å². The highest BCUT2D eigenvalue weighted by atomic mass is 16.6. The lowest BCUT2D eigenvalue weighted by Gasteiger charge is -2.24. The molecule has 0 aliphatic carbocycles. The van der Waals surface area contributed by atoms with Crippen molar-refractivity contribution in [2.24, 2.45) is 5.10 Å². The molecule has 140 valence electrons. The summed E-state index contributed by atoms with van der Waals surface area (Å²) in [6.07, 6.45) is -0.846. The first-order valence-corrected chi connectivity index (χ1v) is 8.05. The molecule has 0 bridgehead atoms. The van der Waals surface area contributed by atoms with Crippen LogP contribution in [0.4, 0.5) is 5.69 Å². The van der Waals surface area contributed by atoms with Gasteiger partial charge in [-0.15, -0.1) is 0 Å². The Morgan fingerprint density at radius 2 is 2.04 bits per heavy atom. The topological polar surface area (TPSA) is 112 Å². The molecule has 1 aliphatic heterocycles. The van der Waals surface area contributed by atoms with Gasteiger partial charge in [-0.25, -0.2) is 5.43 Å². The molecule has 0 saturated carbocycles. The summed E-state index contributed by atoms with van der Waals surface area (Å²) in [6, 6.07) is 11.5. The van der Waals surface area contributed by atoms with Gasteiger partial charge in [-0.1, -0.05) is 12.1 Å². The number of nitro groups is 1. The summed E-state index contributed by atoms with van der Waals surface area (Å²) < 4.78 is 16.1. The maximum absolute atomic E-state index is 12.3. The Morgan fingerprint density at radius 1 is 1.30 bits per heavy atom. The van der Waals surface area contributed by atoms with Crippen molar-refractivity contribution in [2.45, 2.75) is 13.0 Å². The van der Waals surface area contributed by atoms with Gasteiger partial charge in [0.05, 0.1) is 17.7 Å². The molecule has 1 heterocycles. The predicted octanol–water partition coefficient (Wildman–Crippen LogP) is 2.28. The summed E-state index contributed by atoms with van der Waals surface area (Å²) in [4.78, 5) is 22.8. The molecule has 0 unspecified atom stereocenters. The molecule has 1 N–H and O–H groups in total. The maximum atomic E-state index is 12.3. The van der Waals surface area contributed by atoms with E-state index >= 15 is 0 Å². The average Bonchev–Trinajstić information content (AvgIpc) is 2.70. The van der Waals surface area contributed by atoms with Crippen molar-refractivity contribution in [3.8, 4) is 17.2 Å². The van der Waals surface area contributed by atoms with E-state index in [2.05, 4.69) is 10.5 Å². The number of para-hydroxylation sites is 2. The Morgan fingerprint density at radius 3 is 2.74 bits per heavy atom. The largest absolute Gasteiger partial charge is 0.490 e. The van der Waals surface area contributed by atoms with E-state index in [-0.39, 0.29) is 18.0 Å². The number of amides is 1. The fraction of sp³-hybridized carbons (Fsp3) is 0.222. The van der Waals surface area contributed by atoms with E-state index in [0.29, 0.717) is 22.8 Å². The maximum Gasteiger partial charge on any atom is 0.311 e. The van der Waals surface area contributed by atoms with Crippen molar-refractivity contribution < 1.29 is 23.9 Å². The number of nitro benzene ring substituents is 1. The lowest BCUT2D eigenvalue weighted by Crippen LogP contribution is -2.42. The van der Waals surface area contributed by atoms with E-state index in [0.717, 1.165) is 0 Å². The number of hydrogen-bond donors (Lipinski definition) is 1.